The molecule has 0 fully saturated rings. The number of hydrogen-bond acceptors (Lipinski definition) is 6. The van der Waals surface area contributed by atoms with Crippen LogP contribution in [0.3, 0.4) is 0 Å². The average Bonchev–Trinajstić information content (AvgIpc) is 2.77. The Kier molecular flexibility index (Phi) is 6.66. The number of aliphatic imine (C=N–C) groups is 1. The van der Waals surface area contributed by atoms with Crippen LogP contribution >= 0.6 is 0 Å². The summed E-state index contributed by atoms with van der Waals surface area (Å²) in [5.41, 5.74) is 6.70. The molecule has 5 N–H and O–H groups in total. The van der Waals surface area contributed by atoms with Crippen molar-refractivity contribution in [2.75, 3.05) is 7.11 Å². The Hall–Kier alpha value is -3.42. The summed E-state index contributed by atoms with van der Waals surface area (Å²) < 4.78 is 18.5. The van der Waals surface area contributed by atoms with E-state index in [4.69, 9.17) is 10.6 Å². The van der Waals surface area contributed by atoms with Crippen molar-refractivity contribution in [2.24, 2.45) is 10.8 Å². The van der Waals surface area contributed by atoms with E-state index >= 15 is 0 Å². The normalized spacial score (nSPS) is 18.7. The number of nitrogens with zero attached hydrogens (tertiary/aromatic N) is 1. The molecule has 7 heteroatoms. The van der Waals surface area contributed by atoms with Crippen LogP contribution in [0.4, 0.5) is 4.39 Å². The number of hydrogen-bond donors (Lipinski definition) is 4. The van der Waals surface area contributed by atoms with Gasteiger partial charge in [-0.3, -0.25) is 16.2 Å². The molecule has 2 aromatic carbocycles. The summed E-state index contributed by atoms with van der Waals surface area (Å²) in [5, 5.41) is 6.81. The minimum Gasteiger partial charge on any atom is -0.497 e. The quantitative estimate of drug-likeness (QED) is 0.307. The van der Waals surface area contributed by atoms with Crippen molar-refractivity contribution in [3.8, 4) is 5.75 Å². The molecule has 0 saturated heterocycles. The smallest absolute Gasteiger partial charge is 0.182 e. The van der Waals surface area contributed by atoms with E-state index in [0.717, 1.165) is 28.1 Å². The number of nitrogens with two attached hydrogens (primary N) is 1. The first-order valence-corrected chi connectivity index (χ1v) is 9.49. The van der Waals surface area contributed by atoms with E-state index in [1.807, 2.05) is 37.3 Å². The fourth-order valence-corrected chi connectivity index (χ4v) is 3.14. The molecule has 3 rings (SSSR count). The third-order valence-corrected chi connectivity index (χ3v) is 4.79. The maximum Gasteiger partial charge on any atom is 0.182 e. The number of benzene rings is 2. The Morgan fingerprint density at radius 1 is 1.23 bits per heavy atom. The maximum absolute atomic E-state index is 13.3. The van der Waals surface area contributed by atoms with Gasteiger partial charge in [-0.1, -0.05) is 24.8 Å². The molecule has 1 atom stereocenters. The lowest BCUT2D eigenvalue weighted by atomic mass is 10.0. The lowest BCUT2D eigenvalue weighted by molar-refractivity contribution is 0.319. The molecule has 2 aromatic rings. The third kappa shape index (κ3) is 4.94. The summed E-state index contributed by atoms with van der Waals surface area (Å²) in [6, 6.07) is 13.9. The second-order valence-electron chi connectivity index (χ2n) is 6.90. The molecule has 30 heavy (non-hydrogen) atoms. The van der Waals surface area contributed by atoms with Crippen LogP contribution in [0.1, 0.15) is 18.1 Å². The summed E-state index contributed by atoms with van der Waals surface area (Å²) in [4.78, 5) is 4.54. The lowest BCUT2D eigenvalue weighted by Gasteiger charge is -2.33. The van der Waals surface area contributed by atoms with Crippen LogP contribution in [0, 0.1) is 5.82 Å². The zero-order valence-electron chi connectivity index (χ0n) is 17.1. The second kappa shape index (κ2) is 9.39. The second-order valence-corrected chi connectivity index (χ2v) is 6.90. The van der Waals surface area contributed by atoms with Crippen LogP contribution in [0.15, 0.2) is 83.5 Å². The number of halogens is 1. The Morgan fingerprint density at radius 3 is 2.53 bits per heavy atom. The molecule has 0 bridgehead atoms. The molecule has 0 spiro atoms. The molecule has 1 heterocycles. The van der Waals surface area contributed by atoms with Gasteiger partial charge in [0.2, 0.25) is 0 Å². The maximum atomic E-state index is 13.3. The Balaban J connectivity index is 1.80. The van der Waals surface area contributed by atoms with E-state index in [0.29, 0.717) is 12.2 Å². The van der Waals surface area contributed by atoms with E-state index in [1.165, 1.54) is 12.1 Å². The van der Waals surface area contributed by atoms with Gasteiger partial charge in [-0.15, -0.1) is 0 Å². The standard InChI is InChI=1S/C23H26FN5O/c1-4-20(22(29-25)17-7-9-18(24)10-8-17)21-13-14-26-23(2,28-21)27-15-16-5-11-19(30-3)12-6-16/h4-14,27-29H,1,15,25H2,2-3H3/b22-20+. The highest BCUT2D eigenvalue weighted by atomic mass is 19.1. The summed E-state index contributed by atoms with van der Waals surface area (Å²) >= 11 is 0. The van der Waals surface area contributed by atoms with Gasteiger partial charge in [-0.2, -0.15) is 0 Å². The topological polar surface area (TPSA) is 83.7 Å². The molecule has 156 valence electrons. The van der Waals surface area contributed by atoms with Crippen LogP contribution in [0.5, 0.6) is 5.75 Å². The fourth-order valence-electron chi connectivity index (χ4n) is 3.14. The van der Waals surface area contributed by atoms with E-state index < -0.39 is 5.79 Å². The monoisotopic (exact) mass is 407 g/mol. The third-order valence-electron chi connectivity index (χ3n) is 4.79. The minimum atomic E-state index is -0.735. The predicted molar refractivity (Wildman–Crippen MR) is 119 cm³/mol. The van der Waals surface area contributed by atoms with Gasteiger partial charge in [-0.05, 0) is 60.5 Å². The van der Waals surface area contributed by atoms with Crippen LogP contribution < -0.4 is 26.6 Å². The Bertz CT molecular complexity index is 980. The Morgan fingerprint density at radius 2 is 1.93 bits per heavy atom. The number of nitrogens with one attached hydrogen (secondary N) is 3. The van der Waals surface area contributed by atoms with Crippen molar-refractivity contribution in [1.29, 1.82) is 0 Å². The number of hydrazine groups is 1. The molecule has 1 aliphatic heterocycles. The highest BCUT2D eigenvalue weighted by Crippen LogP contribution is 2.24. The molecule has 1 aliphatic rings. The van der Waals surface area contributed by atoms with Gasteiger partial charge < -0.3 is 15.5 Å². The molecule has 0 amide bonds. The summed E-state index contributed by atoms with van der Waals surface area (Å²) in [5.74, 6) is 5.55. The molecule has 0 saturated carbocycles. The Labute approximate surface area is 176 Å². The highest BCUT2D eigenvalue weighted by molar-refractivity contribution is 5.80. The first-order chi connectivity index (χ1) is 14.5. The van der Waals surface area contributed by atoms with Crippen molar-refractivity contribution >= 4 is 11.9 Å². The van der Waals surface area contributed by atoms with Gasteiger partial charge in [0.15, 0.2) is 5.79 Å². The number of rotatable bonds is 8. The van der Waals surface area contributed by atoms with E-state index in [-0.39, 0.29) is 5.82 Å². The molecule has 1 unspecified atom stereocenters. The molecule has 6 nitrogen and oxygen atoms in total. The predicted octanol–water partition coefficient (Wildman–Crippen LogP) is 3.22. The number of methoxy groups -OCH3 is 1. The van der Waals surface area contributed by atoms with Gasteiger partial charge in [-0.25, -0.2) is 4.39 Å². The molecule has 0 aromatic heterocycles. The molecular formula is C23H26FN5O. The van der Waals surface area contributed by atoms with Crippen molar-refractivity contribution < 1.29 is 9.13 Å². The van der Waals surface area contributed by atoms with E-state index in [1.54, 1.807) is 31.5 Å². The average molecular weight is 407 g/mol. The van der Waals surface area contributed by atoms with E-state index in [9.17, 15) is 4.39 Å². The first-order valence-electron chi connectivity index (χ1n) is 9.49. The lowest BCUT2D eigenvalue weighted by Crippen LogP contribution is -2.53. The molecular weight excluding hydrogens is 381 g/mol. The van der Waals surface area contributed by atoms with Crippen LogP contribution in [-0.2, 0) is 6.54 Å². The SMILES string of the molecule is C=C/C(C1=CC=NC(C)(NCc2ccc(OC)cc2)N1)=C(\NN)c1ccc(F)cc1. The number of ether oxygens (including phenoxy) is 1. The van der Waals surface area contributed by atoms with Gasteiger partial charge in [0.1, 0.15) is 11.6 Å². The number of allylic oxidation sites excluding steroid dienone is 2. The van der Waals surface area contributed by atoms with Crippen molar-refractivity contribution in [3.63, 3.8) is 0 Å². The van der Waals surface area contributed by atoms with Crippen LogP contribution in [-0.4, -0.2) is 19.1 Å². The van der Waals surface area contributed by atoms with E-state index in [2.05, 4.69) is 27.6 Å². The van der Waals surface area contributed by atoms with Crippen LogP contribution in [0.25, 0.3) is 5.70 Å². The van der Waals surface area contributed by atoms with Crippen molar-refractivity contribution in [1.82, 2.24) is 16.1 Å². The van der Waals surface area contributed by atoms with Gasteiger partial charge >= 0.3 is 0 Å². The fraction of sp³-hybridized carbons (Fsp3) is 0.174. The first kappa shape index (κ1) is 21.3. The largest absolute Gasteiger partial charge is 0.497 e. The summed E-state index contributed by atoms with van der Waals surface area (Å²) in [6.45, 7) is 6.46. The zero-order valence-corrected chi connectivity index (χ0v) is 17.1. The van der Waals surface area contributed by atoms with Crippen molar-refractivity contribution in [3.05, 3.63) is 95.5 Å². The van der Waals surface area contributed by atoms with Gasteiger partial charge in [0.25, 0.3) is 0 Å². The zero-order chi connectivity index (χ0) is 21.6. The van der Waals surface area contributed by atoms with Gasteiger partial charge in [0.05, 0.1) is 12.8 Å². The van der Waals surface area contributed by atoms with Crippen molar-refractivity contribution in [2.45, 2.75) is 19.3 Å². The highest BCUT2D eigenvalue weighted by Gasteiger charge is 2.26. The summed E-state index contributed by atoms with van der Waals surface area (Å²) in [7, 11) is 1.64. The molecule has 0 aliphatic carbocycles. The van der Waals surface area contributed by atoms with Crippen LogP contribution in [0.2, 0.25) is 0 Å². The summed E-state index contributed by atoms with van der Waals surface area (Å²) in [6.07, 6.45) is 5.27. The minimum absolute atomic E-state index is 0.312. The molecule has 0 radical (unpaired) electrons. The van der Waals surface area contributed by atoms with Gasteiger partial charge in [0, 0.05) is 24.0 Å².